The van der Waals surface area contributed by atoms with Crippen molar-refractivity contribution in [1.82, 2.24) is 15.5 Å². The fraction of sp³-hybridized carbons (Fsp3) is 0.600. The van der Waals surface area contributed by atoms with E-state index in [1.54, 1.807) is 11.8 Å². The van der Waals surface area contributed by atoms with Gasteiger partial charge in [-0.05, 0) is 96.9 Å². The van der Waals surface area contributed by atoms with Crippen LogP contribution in [-0.2, 0) is 38.1 Å². The van der Waals surface area contributed by atoms with Gasteiger partial charge in [0.1, 0.15) is 0 Å². The van der Waals surface area contributed by atoms with Gasteiger partial charge in [-0.15, -0.1) is 0 Å². The highest BCUT2D eigenvalue weighted by Gasteiger charge is 2.34. The molecule has 0 aliphatic carbocycles. The minimum Gasteiger partial charge on any atom is -0.377 e. The quantitative estimate of drug-likeness (QED) is 0.0651. The lowest BCUT2D eigenvalue weighted by molar-refractivity contribution is -0.132. The number of nitrogens with zero attached hydrogens (tertiary/aromatic N) is 2. The van der Waals surface area contributed by atoms with Crippen molar-refractivity contribution < 1.29 is 42.9 Å². The molecule has 3 unspecified atom stereocenters. The van der Waals surface area contributed by atoms with Gasteiger partial charge in [0, 0.05) is 56.0 Å². The molecule has 348 valence electrons. The van der Waals surface area contributed by atoms with E-state index in [1.165, 1.54) is 5.56 Å². The first-order valence-corrected chi connectivity index (χ1v) is 22.7. The molecule has 2 heterocycles. The minimum absolute atomic E-state index is 0.0553. The molecule has 13 nitrogen and oxygen atoms in total. The van der Waals surface area contributed by atoms with E-state index in [4.69, 9.17) is 23.7 Å². The van der Waals surface area contributed by atoms with Crippen molar-refractivity contribution in [3.63, 3.8) is 0 Å². The predicted molar refractivity (Wildman–Crippen MR) is 248 cm³/mol. The molecule has 2 aromatic rings. The van der Waals surface area contributed by atoms with E-state index in [1.807, 2.05) is 42.2 Å². The van der Waals surface area contributed by atoms with E-state index in [2.05, 4.69) is 77.0 Å². The van der Waals surface area contributed by atoms with E-state index < -0.39 is 0 Å². The molecule has 2 aromatic carbocycles. The molecule has 0 bridgehead atoms. The second-order valence-corrected chi connectivity index (χ2v) is 18.1. The molecule has 0 aromatic heterocycles. The molecular formula is C50H74N4O9. The Kier molecular flexibility index (Phi) is 21.0. The zero-order valence-corrected chi connectivity index (χ0v) is 39.2. The molecule has 2 aliphatic heterocycles. The van der Waals surface area contributed by atoms with Gasteiger partial charge in [0.25, 0.3) is 11.8 Å². The van der Waals surface area contributed by atoms with Gasteiger partial charge in [0.15, 0.2) is 0 Å². The number of carbonyl (C=O) groups excluding carboxylic acids is 4. The van der Waals surface area contributed by atoms with Crippen molar-refractivity contribution in [2.75, 3.05) is 97.1 Å². The maximum absolute atomic E-state index is 13.2. The second kappa shape index (κ2) is 25.8. The van der Waals surface area contributed by atoms with Crippen LogP contribution < -0.4 is 15.5 Å². The predicted octanol–water partition coefficient (Wildman–Crippen LogP) is 6.95. The molecule has 4 rings (SSSR count). The Bertz CT molecular complexity index is 1840. The van der Waals surface area contributed by atoms with Gasteiger partial charge in [-0.3, -0.25) is 19.2 Å². The Morgan fingerprint density at radius 2 is 1.33 bits per heavy atom. The van der Waals surface area contributed by atoms with Gasteiger partial charge >= 0.3 is 0 Å². The van der Waals surface area contributed by atoms with Crippen LogP contribution in [0.3, 0.4) is 0 Å². The third-order valence-corrected chi connectivity index (χ3v) is 11.3. The van der Waals surface area contributed by atoms with Gasteiger partial charge in [-0.2, -0.15) is 0 Å². The fourth-order valence-corrected chi connectivity index (χ4v) is 8.07. The van der Waals surface area contributed by atoms with Crippen LogP contribution in [0.4, 0.5) is 5.69 Å². The van der Waals surface area contributed by atoms with E-state index in [-0.39, 0.29) is 41.0 Å². The first kappa shape index (κ1) is 51.2. The third-order valence-electron chi connectivity index (χ3n) is 11.3. The third kappa shape index (κ3) is 16.6. The second-order valence-electron chi connectivity index (χ2n) is 18.1. The summed E-state index contributed by atoms with van der Waals surface area (Å²) >= 11 is 0. The van der Waals surface area contributed by atoms with E-state index in [9.17, 15) is 19.2 Å². The highest BCUT2D eigenvalue weighted by atomic mass is 16.6. The number of fused-ring (bicyclic) bond motifs is 1. The van der Waals surface area contributed by atoms with Crippen molar-refractivity contribution >= 4 is 29.3 Å². The van der Waals surface area contributed by atoms with E-state index in [0.717, 1.165) is 41.6 Å². The summed E-state index contributed by atoms with van der Waals surface area (Å²) in [6, 6.07) is 14.1. The lowest BCUT2D eigenvalue weighted by Gasteiger charge is -2.40. The fourth-order valence-electron chi connectivity index (χ4n) is 8.07. The van der Waals surface area contributed by atoms with Crippen LogP contribution in [-0.4, -0.2) is 127 Å². The van der Waals surface area contributed by atoms with Crippen molar-refractivity contribution in [3.8, 4) is 11.1 Å². The number of benzene rings is 2. The summed E-state index contributed by atoms with van der Waals surface area (Å²) in [6.45, 7) is 26.2. The topological polar surface area (TPSA) is 145 Å². The highest BCUT2D eigenvalue weighted by molar-refractivity contribution is 5.98. The van der Waals surface area contributed by atoms with Gasteiger partial charge in [-0.25, -0.2) is 0 Å². The Balaban J connectivity index is 0.964. The maximum Gasteiger partial charge on any atom is 0.253 e. The molecule has 2 N–H and O–H groups in total. The number of hydrogen-bond acceptors (Lipinski definition) is 9. The van der Waals surface area contributed by atoms with Crippen LogP contribution in [0, 0.1) is 17.3 Å². The summed E-state index contributed by atoms with van der Waals surface area (Å²) in [6.07, 6.45) is 4.44. The highest BCUT2D eigenvalue weighted by Crippen LogP contribution is 2.44. The molecule has 13 heteroatoms. The normalized spacial score (nSPS) is 18.0. The van der Waals surface area contributed by atoms with Crippen molar-refractivity contribution in [3.05, 3.63) is 77.4 Å². The number of nitrogens with one attached hydrogen (secondary N) is 2. The Morgan fingerprint density at radius 1 is 0.794 bits per heavy atom. The smallest absolute Gasteiger partial charge is 0.253 e. The number of ether oxygens (including phenoxy) is 5. The zero-order valence-electron chi connectivity index (χ0n) is 39.2. The molecule has 0 spiro atoms. The standard InChI is InChI=1S/C50H74N4O9/c1-35(2)43-31-37(5)54(38(6)55)46-17-16-41(32-44(43)46)39-12-14-40(15-13-39)47(56)51-18-21-59-23-25-61-27-29-63-30-28-62-26-24-60-22-19-52-48(57)42-11-10-20-53(34-42)49(58)45(36(3)4)33-50(7,8)9/h12-17,32-33,35,37,42-43H,3,10-11,18-31,34H2,1-2,4-9H3,(H,51,56)(H,52,57)/b45-33+. The van der Waals surface area contributed by atoms with Crippen LogP contribution in [0.5, 0.6) is 0 Å². The number of likely N-dealkylation sites (tertiary alicyclic amines) is 1. The van der Waals surface area contributed by atoms with E-state index >= 15 is 0 Å². The Labute approximate surface area is 376 Å². The average Bonchev–Trinajstić information content (AvgIpc) is 3.25. The van der Waals surface area contributed by atoms with Gasteiger partial charge in [0.2, 0.25) is 11.8 Å². The Hall–Kier alpha value is -4.40. The molecule has 63 heavy (non-hydrogen) atoms. The number of piperidine rings is 1. The summed E-state index contributed by atoms with van der Waals surface area (Å²) in [4.78, 5) is 55.0. The minimum atomic E-state index is -0.242. The van der Waals surface area contributed by atoms with Crippen LogP contribution >= 0.6 is 0 Å². The molecule has 1 saturated heterocycles. The lowest BCUT2D eigenvalue weighted by atomic mass is 9.78. The molecule has 3 atom stereocenters. The van der Waals surface area contributed by atoms with Crippen LogP contribution in [0.2, 0.25) is 0 Å². The van der Waals surface area contributed by atoms with Crippen molar-refractivity contribution in [2.45, 2.75) is 86.6 Å². The number of carbonyl (C=O) groups is 4. The van der Waals surface area contributed by atoms with Crippen LogP contribution in [0.25, 0.3) is 11.1 Å². The zero-order chi connectivity index (χ0) is 45.9. The average molecular weight is 875 g/mol. The van der Waals surface area contributed by atoms with Crippen molar-refractivity contribution in [1.29, 1.82) is 0 Å². The number of hydrogen-bond donors (Lipinski definition) is 2. The molecular weight excluding hydrogens is 801 g/mol. The van der Waals surface area contributed by atoms with Crippen LogP contribution in [0.1, 0.15) is 96.5 Å². The molecule has 1 fully saturated rings. The number of rotatable bonds is 24. The number of anilines is 1. The molecule has 0 radical (unpaired) electrons. The first-order valence-electron chi connectivity index (χ1n) is 22.7. The monoisotopic (exact) mass is 875 g/mol. The maximum atomic E-state index is 13.2. The van der Waals surface area contributed by atoms with E-state index in [0.29, 0.717) is 115 Å². The summed E-state index contributed by atoms with van der Waals surface area (Å²) in [5, 5.41) is 5.85. The lowest BCUT2D eigenvalue weighted by Crippen LogP contribution is -2.46. The van der Waals surface area contributed by atoms with Gasteiger partial charge in [0.05, 0.1) is 72.0 Å². The molecule has 2 aliphatic rings. The van der Waals surface area contributed by atoms with Crippen molar-refractivity contribution in [2.24, 2.45) is 17.3 Å². The van der Waals surface area contributed by atoms with Gasteiger partial charge < -0.3 is 44.1 Å². The molecule has 0 saturated carbocycles. The van der Waals surface area contributed by atoms with Gasteiger partial charge in [-0.1, -0.05) is 65.5 Å². The SMILES string of the molecule is C=C(C)/C(=C\C(C)(C)C)C(=O)N1CCCC(C(=O)NCCOCCOCCOCCOCCOCCNC(=O)c2ccc(-c3ccc4c(c3)C(C(C)C)CC(C)N4C(C)=O)cc2)C1. The summed E-state index contributed by atoms with van der Waals surface area (Å²) in [7, 11) is 0. The summed E-state index contributed by atoms with van der Waals surface area (Å²) < 4.78 is 27.9. The van der Waals surface area contributed by atoms with Crippen LogP contribution in [0.15, 0.2) is 66.3 Å². The first-order chi connectivity index (χ1) is 30.1. The number of allylic oxidation sites excluding steroid dienone is 1. The molecule has 4 amide bonds. The largest absolute Gasteiger partial charge is 0.377 e. The number of amides is 4. The summed E-state index contributed by atoms with van der Waals surface area (Å²) in [5.74, 6) is 0.376. The Morgan fingerprint density at radius 3 is 1.86 bits per heavy atom. The summed E-state index contributed by atoms with van der Waals surface area (Å²) in [5.41, 5.74) is 6.08.